The largest absolute Gasteiger partial charge is 0.497 e. The standard InChI is InChI=1S/C21H21N5O3S/c1-29-16-6-4-5-15(11-16)26-13-22-25-21(26)30-12-19(27)24-18-8-3-2-7-17(18)20(28)23-14-9-10-14/h2-8,11,13-14H,9-10,12H2,1H3,(H,23,28)(H,24,27). The molecule has 30 heavy (non-hydrogen) atoms. The van der Waals surface area contributed by atoms with Crippen molar-refractivity contribution in [3.8, 4) is 11.4 Å². The predicted octanol–water partition coefficient (Wildman–Crippen LogP) is 2.90. The Hall–Kier alpha value is -3.33. The summed E-state index contributed by atoms with van der Waals surface area (Å²) in [7, 11) is 1.61. The third kappa shape index (κ3) is 4.80. The van der Waals surface area contributed by atoms with Crippen LogP contribution in [0.25, 0.3) is 5.69 Å². The minimum atomic E-state index is -0.230. The number of nitrogens with one attached hydrogen (secondary N) is 2. The van der Waals surface area contributed by atoms with Gasteiger partial charge in [0.25, 0.3) is 5.91 Å². The van der Waals surface area contributed by atoms with Gasteiger partial charge in [0.1, 0.15) is 12.1 Å². The van der Waals surface area contributed by atoms with E-state index < -0.39 is 0 Å². The van der Waals surface area contributed by atoms with Crippen molar-refractivity contribution in [2.75, 3.05) is 18.2 Å². The topological polar surface area (TPSA) is 98.1 Å². The van der Waals surface area contributed by atoms with Crippen LogP contribution in [0.15, 0.2) is 60.0 Å². The average Bonchev–Trinajstić information content (AvgIpc) is 3.45. The Morgan fingerprint density at radius 3 is 2.83 bits per heavy atom. The van der Waals surface area contributed by atoms with Gasteiger partial charge in [-0.15, -0.1) is 10.2 Å². The summed E-state index contributed by atoms with van der Waals surface area (Å²) in [4.78, 5) is 24.9. The van der Waals surface area contributed by atoms with Crippen molar-refractivity contribution < 1.29 is 14.3 Å². The van der Waals surface area contributed by atoms with Crippen LogP contribution in [0.4, 0.5) is 5.69 Å². The number of methoxy groups -OCH3 is 1. The maximum absolute atomic E-state index is 12.5. The molecule has 1 aromatic heterocycles. The molecule has 0 aliphatic heterocycles. The minimum absolute atomic E-state index is 0.126. The van der Waals surface area contributed by atoms with Gasteiger partial charge < -0.3 is 15.4 Å². The van der Waals surface area contributed by atoms with Gasteiger partial charge in [-0.2, -0.15) is 0 Å². The molecular weight excluding hydrogens is 402 g/mol. The molecule has 1 heterocycles. The summed E-state index contributed by atoms with van der Waals surface area (Å²) < 4.78 is 7.05. The maximum atomic E-state index is 12.5. The molecule has 0 radical (unpaired) electrons. The van der Waals surface area contributed by atoms with Gasteiger partial charge in [-0.1, -0.05) is 30.0 Å². The number of ether oxygens (including phenoxy) is 1. The summed E-state index contributed by atoms with van der Waals surface area (Å²) in [5, 5.41) is 14.4. The van der Waals surface area contributed by atoms with E-state index >= 15 is 0 Å². The van der Waals surface area contributed by atoms with Crippen LogP contribution in [0.2, 0.25) is 0 Å². The zero-order chi connectivity index (χ0) is 20.9. The Morgan fingerprint density at radius 2 is 2.03 bits per heavy atom. The van der Waals surface area contributed by atoms with Gasteiger partial charge in [-0.25, -0.2) is 0 Å². The van der Waals surface area contributed by atoms with Gasteiger partial charge in [0.05, 0.1) is 29.8 Å². The third-order valence-electron chi connectivity index (χ3n) is 4.54. The first-order chi connectivity index (χ1) is 14.6. The number of carbonyl (C=O) groups is 2. The second-order valence-electron chi connectivity index (χ2n) is 6.82. The summed E-state index contributed by atoms with van der Waals surface area (Å²) in [6.07, 6.45) is 3.60. The van der Waals surface area contributed by atoms with Crippen LogP contribution in [0.1, 0.15) is 23.2 Å². The molecule has 0 bridgehead atoms. The van der Waals surface area contributed by atoms with E-state index in [-0.39, 0.29) is 23.6 Å². The van der Waals surface area contributed by atoms with Gasteiger partial charge in [0, 0.05) is 12.1 Å². The van der Waals surface area contributed by atoms with E-state index in [2.05, 4.69) is 20.8 Å². The molecule has 1 aliphatic rings. The number of aromatic nitrogens is 3. The molecule has 2 aromatic carbocycles. The molecule has 1 aliphatic carbocycles. The fourth-order valence-corrected chi connectivity index (χ4v) is 3.59. The monoisotopic (exact) mass is 423 g/mol. The highest BCUT2D eigenvalue weighted by molar-refractivity contribution is 7.99. The van der Waals surface area contributed by atoms with Gasteiger partial charge in [0.2, 0.25) is 5.91 Å². The van der Waals surface area contributed by atoms with E-state index in [1.54, 1.807) is 42.3 Å². The van der Waals surface area contributed by atoms with Crippen LogP contribution in [0, 0.1) is 0 Å². The Balaban J connectivity index is 1.41. The van der Waals surface area contributed by atoms with E-state index in [0.29, 0.717) is 16.4 Å². The number of hydrogen-bond acceptors (Lipinski definition) is 6. The normalized spacial score (nSPS) is 13.0. The summed E-state index contributed by atoms with van der Waals surface area (Å²) in [6, 6.07) is 14.7. The van der Waals surface area contributed by atoms with E-state index in [0.717, 1.165) is 24.3 Å². The fraction of sp³-hybridized carbons (Fsp3) is 0.238. The second kappa shape index (κ2) is 9.00. The number of rotatable bonds is 8. The molecule has 0 spiro atoms. The molecule has 4 rings (SSSR count). The number of hydrogen-bond donors (Lipinski definition) is 2. The number of thioether (sulfide) groups is 1. The zero-order valence-electron chi connectivity index (χ0n) is 16.4. The first-order valence-electron chi connectivity index (χ1n) is 9.51. The van der Waals surface area contributed by atoms with Crippen molar-refractivity contribution in [2.24, 2.45) is 0 Å². The Bertz CT molecular complexity index is 1060. The number of para-hydroxylation sites is 1. The van der Waals surface area contributed by atoms with Crippen LogP contribution in [0.5, 0.6) is 5.75 Å². The summed E-state index contributed by atoms with van der Waals surface area (Å²) in [5.41, 5.74) is 1.79. The number of anilines is 1. The number of carbonyl (C=O) groups excluding carboxylic acids is 2. The minimum Gasteiger partial charge on any atom is -0.497 e. The molecule has 0 atom stereocenters. The Morgan fingerprint density at radius 1 is 1.20 bits per heavy atom. The molecule has 8 nitrogen and oxygen atoms in total. The molecule has 154 valence electrons. The van der Waals surface area contributed by atoms with E-state index in [4.69, 9.17) is 4.74 Å². The van der Waals surface area contributed by atoms with Gasteiger partial charge in [-0.05, 0) is 37.1 Å². The van der Waals surface area contributed by atoms with Gasteiger partial charge in [0.15, 0.2) is 5.16 Å². The Labute approximate surface area is 178 Å². The summed E-state index contributed by atoms with van der Waals surface area (Å²) in [5.74, 6) is 0.447. The van der Waals surface area contributed by atoms with Crippen molar-refractivity contribution in [3.05, 3.63) is 60.4 Å². The summed E-state index contributed by atoms with van der Waals surface area (Å²) in [6.45, 7) is 0. The summed E-state index contributed by atoms with van der Waals surface area (Å²) >= 11 is 1.26. The molecule has 0 unspecified atom stereocenters. The van der Waals surface area contributed by atoms with E-state index in [9.17, 15) is 9.59 Å². The first-order valence-corrected chi connectivity index (χ1v) is 10.5. The van der Waals surface area contributed by atoms with Gasteiger partial charge >= 0.3 is 0 Å². The first kappa shape index (κ1) is 20.0. The maximum Gasteiger partial charge on any atom is 0.253 e. The zero-order valence-corrected chi connectivity index (χ0v) is 17.2. The highest BCUT2D eigenvalue weighted by Crippen LogP contribution is 2.24. The van der Waals surface area contributed by atoms with Crippen LogP contribution in [-0.4, -0.2) is 45.5 Å². The second-order valence-corrected chi connectivity index (χ2v) is 7.76. The van der Waals surface area contributed by atoms with Crippen molar-refractivity contribution >= 4 is 29.3 Å². The molecule has 0 saturated heterocycles. The number of benzene rings is 2. The lowest BCUT2D eigenvalue weighted by molar-refractivity contribution is -0.113. The Kier molecular flexibility index (Phi) is 5.99. The van der Waals surface area contributed by atoms with Crippen LogP contribution < -0.4 is 15.4 Å². The van der Waals surface area contributed by atoms with Crippen LogP contribution in [-0.2, 0) is 4.79 Å². The van der Waals surface area contributed by atoms with Crippen molar-refractivity contribution in [3.63, 3.8) is 0 Å². The lowest BCUT2D eigenvalue weighted by Gasteiger charge is -2.11. The fourth-order valence-electron chi connectivity index (χ4n) is 2.86. The lowest BCUT2D eigenvalue weighted by atomic mass is 10.1. The molecule has 3 aromatic rings. The lowest BCUT2D eigenvalue weighted by Crippen LogP contribution is -2.27. The highest BCUT2D eigenvalue weighted by Gasteiger charge is 2.25. The van der Waals surface area contributed by atoms with Crippen LogP contribution >= 0.6 is 11.8 Å². The van der Waals surface area contributed by atoms with Crippen molar-refractivity contribution in [2.45, 2.75) is 24.0 Å². The molecule has 2 amide bonds. The van der Waals surface area contributed by atoms with Crippen molar-refractivity contribution in [1.29, 1.82) is 0 Å². The molecular formula is C21H21N5O3S. The molecule has 1 saturated carbocycles. The van der Waals surface area contributed by atoms with Crippen molar-refractivity contribution in [1.82, 2.24) is 20.1 Å². The predicted molar refractivity (Wildman–Crippen MR) is 114 cm³/mol. The smallest absolute Gasteiger partial charge is 0.253 e. The molecule has 9 heteroatoms. The van der Waals surface area contributed by atoms with E-state index in [1.807, 2.05) is 24.3 Å². The third-order valence-corrected chi connectivity index (χ3v) is 5.48. The quantitative estimate of drug-likeness (QED) is 0.541. The molecule has 1 fully saturated rings. The highest BCUT2D eigenvalue weighted by atomic mass is 32.2. The van der Waals surface area contributed by atoms with Gasteiger partial charge in [-0.3, -0.25) is 14.2 Å². The average molecular weight is 423 g/mol. The SMILES string of the molecule is COc1cccc(-n2cnnc2SCC(=O)Nc2ccccc2C(=O)NC2CC2)c1. The number of amides is 2. The van der Waals surface area contributed by atoms with Crippen LogP contribution in [0.3, 0.4) is 0 Å². The van der Waals surface area contributed by atoms with E-state index in [1.165, 1.54) is 11.8 Å². The molecule has 2 N–H and O–H groups in total. The number of nitrogens with zero attached hydrogens (tertiary/aromatic N) is 3.